The first kappa shape index (κ1) is 12.9. The van der Waals surface area contributed by atoms with E-state index in [-0.39, 0.29) is 5.56 Å². The van der Waals surface area contributed by atoms with Crippen molar-refractivity contribution < 1.29 is 0 Å². The summed E-state index contributed by atoms with van der Waals surface area (Å²) in [6.07, 6.45) is 4.84. The predicted octanol–water partition coefficient (Wildman–Crippen LogP) is 2.30. The van der Waals surface area contributed by atoms with Gasteiger partial charge >= 0.3 is 0 Å². The van der Waals surface area contributed by atoms with E-state index in [1.54, 1.807) is 0 Å². The molecule has 4 heteroatoms. The van der Waals surface area contributed by atoms with Crippen LogP contribution in [0.4, 0.5) is 5.69 Å². The minimum absolute atomic E-state index is 0.0426. The molecular weight excluding hydrogens is 250 g/mol. The average molecular weight is 269 g/mol. The highest BCUT2D eigenvalue weighted by Crippen LogP contribution is 2.22. The molecule has 0 amide bonds. The van der Waals surface area contributed by atoms with E-state index in [2.05, 4.69) is 39.8 Å². The second kappa shape index (κ2) is 5.90. The number of nitrogens with one attached hydrogen (secondary N) is 2. The molecule has 4 nitrogen and oxygen atoms in total. The number of benzene rings is 1. The lowest BCUT2D eigenvalue weighted by Crippen LogP contribution is -2.25. The van der Waals surface area contributed by atoms with Crippen molar-refractivity contribution in [2.75, 3.05) is 11.9 Å². The van der Waals surface area contributed by atoms with Crippen LogP contribution in [-0.2, 0) is 19.3 Å². The second-order valence-corrected chi connectivity index (χ2v) is 5.22. The lowest BCUT2D eigenvalue weighted by molar-refractivity contribution is 0.740. The van der Waals surface area contributed by atoms with Gasteiger partial charge in [-0.15, -0.1) is 0 Å². The third-order valence-electron chi connectivity index (χ3n) is 3.78. The zero-order valence-corrected chi connectivity index (χ0v) is 11.5. The summed E-state index contributed by atoms with van der Waals surface area (Å²) < 4.78 is 0. The molecule has 0 aliphatic carbocycles. The molecule has 3 rings (SSSR count). The van der Waals surface area contributed by atoms with Crippen LogP contribution < -0.4 is 10.9 Å². The maximum Gasteiger partial charge on any atom is 0.269 e. The van der Waals surface area contributed by atoms with Gasteiger partial charge in [0.15, 0.2) is 0 Å². The van der Waals surface area contributed by atoms with Gasteiger partial charge in [-0.2, -0.15) is 5.10 Å². The van der Waals surface area contributed by atoms with Crippen molar-refractivity contribution >= 4 is 5.69 Å². The van der Waals surface area contributed by atoms with Gasteiger partial charge < -0.3 is 5.32 Å². The maximum atomic E-state index is 11.8. The van der Waals surface area contributed by atoms with Gasteiger partial charge in [-0.3, -0.25) is 4.79 Å². The van der Waals surface area contributed by atoms with Gasteiger partial charge in [0.05, 0.1) is 11.4 Å². The molecule has 0 bridgehead atoms. The largest absolute Gasteiger partial charge is 0.383 e. The molecule has 0 atom stereocenters. The Morgan fingerprint density at radius 2 is 2.00 bits per heavy atom. The molecule has 2 heterocycles. The Labute approximate surface area is 118 Å². The Morgan fingerprint density at radius 1 is 1.15 bits per heavy atom. The van der Waals surface area contributed by atoms with Gasteiger partial charge in [0.25, 0.3) is 5.56 Å². The third kappa shape index (κ3) is 2.74. The zero-order chi connectivity index (χ0) is 13.8. The van der Waals surface area contributed by atoms with Crippen molar-refractivity contribution in [1.29, 1.82) is 0 Å². The Hall–Kier alpha value is -2.10. The van der Waals surface area contributed by atoms with Crippen LogP contribution in [0.5, 0.6) is 0 Å². The van der Waals surface area contributed by atoms with Crippen LogP contribution in [0.1, 0.15) is 29.7 Å². The molecule has 104 valence electrons. The van der Waals surface area contributed by atoms with E-state index in [1.165, 1.54) is 5.56 Å². The molecule has 0 saturated heterocycles. The lowest BCUT2D eigenvalue weighted by atomic mass is 10.0. The first-order valence-corrected chi connectivity index (χ1v) is 7.23. The molecule has 0 fully saturated rings. The van der Waals surface area contributed by atoms with Crippen molar-refractivity contribution in [3.05, 3.63) is 57.5 Å². The van der Waals surface area contributed by atoms with E-state index >= 15 is 0 Å². The summed E-state index contributed by atoms with van der Waals surface area (Å²) in [6.45, 7) is 0.934. The predicted molar refractivity (Wildman–Crippen MR) is 80.1 cm³/mol. The van der Waals surface area contributed by atoms with Crippen LogP contribution in [0.2, 0.25) is 0 Å². The van der Waals surface area contributed by atoms with Crippen molar-refractivity contribution in [1.82, 2.24) is 10.2 Å². The van der Waals surface area contributed by atoms with Gasteiger partial charge in [-0.05, 0) is 37.7 Å². The van der Waals surface area contributed by atoms with Gasteiger partial charge in [0, 0.05) is 12.1 Å². The molecule has 2 N–H and O–H groups in total. The third-order valence-corrected chi connectivity index (χ3v) is 3.78. The Morgan fingerprint density at radius 3 is 2.85 bits per heavy atom. The van der Waals surface area contributed by atoms with Crippen LogP contribution in [0.25, 0.3) is 0 Å². The number of anilines is 1. The van der Waals surface area contributed by atoms with Gasteiger partial charge in [0.1, 0.15) is 0 Å². The Kier molecular flexibility index (Phi) is 3.81. The van der Waals surface area contributed by atoms with Gasteiger partial charge in [-0.1, -0.05) is 30.3 Å². The molecule has 2 aromatic rings. The number of hydrogen-bond donors (Lipinski definition) is 2. The van der Waals surface area contributed by atoms with Crippen LogP contribution in [-0.4, -0.2) is 16.7 Å². The summed E-state index contributed by atoms with van der Waals surface area (Å²) in [5, 5.41) is 10.2. The molecule has 1 aromatic heterocycles. The number of fused-ring (bicyclic) bond motifs is 1. The maximum absolute atomic E-state index is 11.8. The van der Waals surface area contributed by atoms with E-state index in [4.69, 9.17) is 0 Å². The molecule has 0 spiro atoms. The SMILES string of the molecule is O=c1[nH]nc(CCCc2ccccc2)c2c1CCCN2. The van der Waals surface area contributed by atoms with Crippen LogP contribution >= 0.6 is 0 Å². The quantitative estimate of drug-likeness (QED) is 0.895. The van der Waals surface area contributed by atoms with Crippen LogP contribution in [0.3, 0.4) is 0 Å². The summed E-state index contributed by atoms with van der Waals surface area (Å²) in [7, 11) is 0. The lowest BCUT2D eigenvalue weighted by Gasteiger charge is -2.19. The summed E-state index contributed by atoms with van der Waals surface area (Å²) in [5.74, 6) is 0. The fraction of sp³-hybridized carbons (Fsp3) is 0.375. The highest BCUT2D eigenvalue weighted by molar-refractivity contribution is 5.55. The molecular formula is C16H19N3O. The number of aromatic amines is 1. The minimum Gasteiger partial charge on any atom is -0.383 e. The molecule has 0 radical (unpaired) electrons. The topological polar surface area (TPSA) is 57.8 Å². The molecule has 0 saturated carbocycles. The van der Waals surface area contributed by atoms with Crippen LogP contribution in [0, 0.1) is 0 Å². The van der Waals surface area contributed by atoms with E-state index in [0.717, 1.165) is 55.6 Å². The molecule has 1 aliphatic heterocycles. The zero-order valence-electron chi connectivity index (χ0n) is 11.5. The highest BCUT2D eigenvalue weighted by Gasteiger charge is 2.16. The molecule has 1 aromatic carbocycles. The van der Waals surface area contributed by atoms with Crippen molar-refractivity contribution in [3.63, 3.8) is 0 Å². The molecule has 0 unspecified atom stereocenters. The van der Waals surface area contributed by atoms with Crippen molar-refractivity contribution in [2.45, 2.75) is 32.1 Å². The minimum atomic E-state index is -0.0426. The first-order valence-electron chi connectivity index (χ1n) is 7.23. The Bertz CT molecular complexity index is 634. The summed E-state index contributed by atoms with van der Waals surface area (Å²) in [6, 6.07) is 10.5. The first-order chi connectivity index (χ1) is 9.84. The number of nitrogens with zero attached hydrogens (tertiary/aromatic N) is 1. The van der Waals surface area contributed by atoms with Crippen molar-refractivity contribution in [3.8, 4) is 0 Å². The fourth-order valence-corrected chi connectivity index (χ4v) is 2.74. The monoisotopic (exact) mass is 269 g/mol. The molecule has 1 aliphatic rings. The van der Waals surface area contributed by atoms with E-state index < -0.39 is 0 Å². The number of hydrogen-bond acceptors (Lipinski definition) is 3. The van der Waals surface area contributed by atoms with E-state index in [0.29, 0.717) is 0 Å². The smallest absolute Gasteiger partial charge is 0.269 e. The average Bonchev–Trinajstić information content (AvgIpc) is 2.51. The van der Waals surface area contributed by atoms with E-state index in [1.807, 2.05) is 6.07 Å². The van der Waals surface area contributed by atoms with E-state index in [9.17, 15) is 4.79 Å². The van der Waals surface area contributed by atoms with Crippen LogP contribution in [0.15, 0.2) is 35.1 Å². The highest BCUT2D eigenvalue weighted by atomic mass is 16.1. The number of aromatic nitrogens is 2. The standard InChI is InChI=1S/C16H19N3O/c20-16-13-9-5-11-17-15(13)14(18-19-16)10-4-8-12-6-2-1-3-7-12/h1-3,6-7,17H,4-5,8-11H2,(H,19,20). The molecule has 20 heavy (non-hydrogen) atoms. The van der Waals surface area contributed by atoms with Crippen molar-refractivity contribution in [2.24, 2.45) is 0 Å². The fourth-order valence-electron chi connectivity index (χ4n) is 2.74. The Balaban J connectivity index is 1.70. The second-order valence-electron chi connectivity index (χ2n) is 5.22. The number of aryl methyl sites for hydroxylation is 2. The van der Waals surface area contributed by atoms with Gasteiger partial charge in [0.2, 0.25) is 0 Å². The summed E-state index contributed by atoms with van der Waals surface area (Å²) in [4.78, 5) is 11.8. The van der Waals surface area contributed by atoms with Gasteiger partial charge in [-0.25, -0.2) is 5.10 Å². The summed E-state index contributed by atoms with van der Waals surface area (Å²) in [5.41, 5.74) is 4.15. The number of rotatable bonds is 4. The summed E-state index contributed by atoms with van der Waals surface area (Å²) >= 11 is 0. The number of H-pyrrole nitrogens is 1. The normalized spacial score (nSPS) is 13.6.